The van der Waals surface area contributed by atoms with Crippen molar-refractivity contribution >= 4 is 44.9 Å². The van der Waals surface area contributed by atoms with E-state index in [2.05, 4.69) is 34.1 Å². The summed E-state index contributed by atoms with van der Waals surface area (Å²) in [6.45, 7) is 4.27. The predicted molar refractivity (Wildman–Crippen MR) is 188 cm³/mol. The highest BCUT2D eigenvalue weighted by Crippen LogP contribution is 2.41. The van der Waals surface area contributed by atoms with Crippen LogP contribution in [0.1, 0.15) is 43.1 Å². The molecule has 0 aliphatic carbocycles. The standard InChI is InChI=1S/C37H28F3N7O2S/c1-3-21(2)22-15-17-25(18-16-22)45-34(49)28-12-6-7-14-29(28)46-35(45)42-43-36(46)50-20-24-19-30(48)47-33(41-24)31(32(44-47)37(38,39)40)27-13-8-10-23-9-4-5-11-26(23)27/h4-19,21,44H,3,20H2,1-2H3. The van der Waals surface area contributed by atoms with E-state index in [0.29, 0.717) is 44.4 Å². The Hall–Kier alpha value is -5.69. The van der Waals surface area contributed by atoms with Crippen molar-refractivity contribution < 1.29 is 13.2 Å². The van der Waals surface area contributed by atoms with E-state index >= 15 is 0 Å². The summed E-state index contributed by atoms with van der Waals surface area (Å²) in [7, 11) is 0. The average Bonchev–Trinajstić information content (AvgIpc) is 3.73. The topological polar surface area (TPSA) is 102 Å². The Kier molecular flexibility index (Phi) is 7.59. The molecule has 0 aliphatic heterocycles. The number of rotatable bonds is 7. The third kappa shape index (κ3) is 5.16. The highest BCUT2D eigenvalue weighted by Gasteiger charge is 2.38. The van der Waals surface area contributed by atoms with E-state index in [9.17, 15) is 22.8 Å². The van der Waals surface area contributed by atoms with Crippen LogP contribution in [0.2, 0.25) is 0 Å². The number of hydrogen-bond acceptors (Lipinski definition) is 6. The minimum atomic E-state index is -4.78. The maximum absolute atomic E-state index is 14.4. The molecule has 0 aliphatic rings. The van der Waals surface area contributed by atoms with Crippen LogP contribution in [-0.4, -0.2) is 33.8 Å². The molecule has 0 saturated heterocycles. The summed E-state index contributed by atoms with van der Waals surface area (Å²) in [5.74, 6) is 0.754. The maximum Gasteiger partial charge on any atom is 0.433 e. The number of benzene rings is 4. The molecular weight excluding hydrogens is 664 g/mol. The molecule has 1 N–H and O–H groups in total. The van der Waals surface area contributed by atoms with Gasteiger partial charge in [-0.1, -0.05) is 92.3 Å². The zero-order valence-electron chi connectivity index (χ0n) is 26.8. The van der Waals surface area contributed by atoms with Crippen molar-refractivity contribution in [1.82, 2.24) is 33.8 Å². The van der Waals surface area contributed by atoms with Gasteiger partial charge in [0.1, 0.15) is 5.69 Å². The molecule has 50 heavy (non-hydrogen) atoms. The van der Waals surface area contributed by atoms with Crippen LogP contribution in [0.4, 0.5) is 13.2 Å². The van der Waals surface area contributed by atoms with E-state index in [4.69, 9.17) is 0 Å². The quantitative estimate of drug-likeness (QED) is 0.170. The van der Waals surface area contributed by atoms with Crippen LogP contribution < -0.4 is 11.1 Å². The van der Waals surface area contributed by atoms with Crippen LogP contribution in [0.15, 0.2) is 112 Å². The molecular formula is C37H28F3N7O2S. The summed E-state index contributed by atoms with van der Waals surface area (Å²) < 4.78 is 47.5. The number of halogens is 3. The molecule has 0 bridgehead atoms. The normalized spacial score (nSPS) is 12.8. The molecule has 4 aromatic heterocycles. The summed E-state index contributed by atoms with van der Waals surface area (Å²) in [6.07, 6.45) is -3.80. The molecule has 0 radical (unpaired) electrons. The minimum absolute atomic E-state index is 0.0884. The van der Waals surface area contributed by atoms with E-state index < -0.39 is 17.4 Å². The van der Waals surface area contributed by atoms with E-state index in [1.165, 1.54) is 22.4 Å². The summed E-state index contributed by atoms with van der Waals surface area (Å²) in [4.78, 5) is 31.7. The van der Waals surface area contributed by atoms with Gasteiger partial charge in [0.2, 0.25) is 5.78 Å². The Balaban J connectivity index is 1.24. The average molecular weight is 692 g/mol. The van der Waals surface area contributed by atoms with Crippen LogP contribution in [0.3, 0.4) is 0 Å². The van der Waals surface area contributed by atoms with Gasteiger partial charge in [-0.15, -0.1) is 10.2 Å². The zero-order chi connectivity index (χ0) is 34.7. The van der Waals surface area contributed by atoms with Crippen molar-refractivity contribution in [2.75, 3.05) is 0 Å². The molecule has 9 nitrogen and oxygen atoms in total. The first-order chi connectivity index (χ1) is 24.1. The monoisotopic (exact) mass is 691 g/mol. The first kappa shape index (κ1) is 31.6. The summed E-state index contributed by atoms with van der Waals surface area (Å²) >= 11 is 1.21. The van der Waals surface area contributed by atoms with E-state index in [1.54, 1.807) is 46.9 Å². The molecule has 0 spiro atoms. The van der Waals surface area contributed by atoms with Crippen LogP contribution in [0.5, 0.6) is 0 Å². The molecule has 1 atom stereocenters. The van der Waals surface area contributed by atoms with Gasteiger partial charge in [0.05, 0.1) is 27.8 Å². The van der Waals surface area contributed by atoms with Gasteiger partial charge in [-0.25, -0.2) is 14.1 Å². The number of aromatic amines is 1. The molecule has 0 amide bonds. The molecule has 0 saturated carbocycles. The Labute approximate surface area is 286 Å². The number of fused-ring (bicyclic) bond motifs is 5. The van der Waals surface area contributed by atoms with Crippen molar-refractivity contribution in [2.45, 2.75) is 43.3 Å². The largest absolute Gasteiger partial charge is 0.433 e. The van der Waals surface area contributed by atoms with Gasteiger partial charge >= 0.3 is 6.18 Å². The molecule has 8 rings (SSSR count). The van der Waals surface area contributed by atoms with Gasteiger partial charge < -0.3 is 0 Å². The van der Waals surface area contributed by atoms with Gasteiger partial charge in [-0.2, -0.15) is 13.2 Å². The third-order valence-corrected chi connectivity index (χ3v) is 10.1. The number of alkyl halides is 3. The molecule has 1 unspecified atom stereocenters. The van der Waals surface area contributed by atoms with Crippen LogP contribution >= 0.6 is 11.8 Å². The van der Waals surface area contributed by atoms with Crippen molar-refractivity contribution in [3.8, 4) is 16.8 Å². The van der Waals surface area contributed by atoms with Crippen molar-refractivity contribution in [2.24, 2.45) is 0 Å². The number of aromatic nitrogens is 7. The highest BCUT2D eigenvalue weighted by atomic mass is 32.2. The molecule has 0 fully saturated rings. The fraction of sp³-hybridized carbons (Fsp3) is 0.162. The van der Waals surface area contributed by atoms with Crippen molar-refractivity contribution in [3.63, 3.8) is 0 Å². The van der Waals surface area contributed by atoms with Crippen molar-refractivity contribution in [3.05, 3.63) is 135 Å². The van der Waals surface area contributed by atoms with E-state index in [1.807, 2.05) is 48.5 Å². The first-order valence-electron chi connectivity index (χ1n) is 16.0. The van der Waals surface area contributed by atoms with Crippen LogP contribution in [0, 0.1) is 0 Å². The third-order valence-electron chi connectivity index (χ3n) is 9.09. The Morgan fingerprint density at radius 2 is 1.60 bits per heavy atom. The number of nitrogens with one attached hydrogen (secondary N) is 1. The number of para-hydroxylation sites is 1. The Bertz CT molecular complexity index is 2710. The lowest BCUT2D eigenvalue weighted by Crippen LogP contribution is -2.22. The molecule has 4 heterocycles. The lowest BCUT2D eigenvalue weighted by Gasteiger charge is -2.13. The first-order valence-corrected chi connectivity index (χ1v) is 16.9. The maximum atomic E-state index is 14.4. The van der Waals surface area contributed by atoms with Crippen molar-refractivity contribution in [1.29, 1.82) is 0 Å². The Morgan fingerprint density at radius 3 is 2.36 bits per heavy atom. The lowest BCUT2D eigenvalue weighted by atomic mass is 9.98. The fourth-order valence-electron chi connectivity index (χ4n) is 6.39. The highest BCUT2D eigenvalue weighted by molar-refractivity contribution is 7.98. The van der Waals surface area contributed by atoms with E-state index in [-0.39, 0.29) is 28.2 Å². The molecule has 250 valence electrons. The second kappa shape index (κ2) is 12.0. The summed E-state index contributed by atoms with van der Waals surface area (Å²) in [5, 5.41) is 13.3. The summed E-state index contributed by atoms with van der Waals surface area (Å²) in [6, 6.07) is 28.4. The number of H-pyrrole nitrogens is 1. The lowest BCUT2D eigenvalue weighted by molar-refractivity contribution is -0.140. The van der Waals surface area contributed by atoms with Gasteiger partial charge in [0.25, 0.3) is 11.1 Å². The fourth-order valence-corrected chi connectivity index (χ4v) is 7.23. The van der Waals surface area contributed by atoms with Gasteiger partial charge in [0, 0.05) is 11.8 Å². The molecule has 4 aromatic carbocycles. The SMILES string of the molecule is CCC(C)c1ccc(-n2c(=O)c3ccccc3n3c(SCc4cc(=O)n5[nH]c(C(F)(F)F)c(-c6cccc7ccccc67)c5n4)nnc23)cc1. The van der Waals surface area contributed by atoms with Crippen LogP contribution in [-0.2, 0) is 11.9 Å². The minimum Gasteiger partial charge on any atom is -0.284 e. The molecule has 13 heteroatoms. The van der Waals surface area contributed by atoms with Gasteiger partial charge in [-0.05, 0) is 58.5 Å². The Morgan fingerprint density at radius 1 is 0.880 bits per heavy atom. The second-order valence-electron chi connectivity index (χ2n) is 12.1. The summed E-state index contributed by atoms with van der Waals surface area (Å²) in [5.41, 5.74) is 0.603. The smallest absolute Gasteiger partial charge is 0.284 e. The molecule has 8 aromatic rings. The van der Waals surface area contributed by atoms with Crippen LogP contribution in [0.25, 0.3) is 49.9 Å². The predicted octanol–water partition coefficient (Wildman–Crippen LogP) is 8.01. The number of hydrogen-bond donors (Lipinski definition) is 1. The van der Waals surface area contributed by atoms with E-state index in [0.717, 1.165) is 21.9 Å². The van der Waals surface area contributed by atoms with Gasteiger partial charge in [0.15, 0.2) is 10.8 Å². The number of thioether (sulfide) groups is 1. The van der Waals surface area contributed by atoms with Gasteiger partial charge in [-0.3, -0.25) is 19.1 Å². The second-order valence-corrected chi connectivity index (χ2v) is 13.0. The zero-order valence-corrected chi connectivity index (χ0v) is 27.6. The number of nitrogens with zero attached hydrogens (tertiary/aromatic N) is 6.